The Morgan fingerprint density at radius 3 is 2.75 bits per heavy atom. The van der Waals surface area contributed by atoms with Crippen molar-refractivity contribution in [1.82, 2.24) is 0 Å². The highest BCUT2D eigenvalue weighted by atomic mass is 79.9. The molecule has 1 aliphatic rings. The van der Waals surface area contributed by atoms with Gasteiger partial charge in [0.1, 0.15) is 5.75 Å². The van der Waals surface area contributed by atoms with Crippen LogP contribution in [-0.4, -0.2) is 12.5 Å². The molecule has 0 aliphatic heterocycles. The van der Waals surface area contributed by atoms with Crippen molar-refractivity contribution in [2.24, 2.45) is 17.8 Å². The van der Waals surface area contributed by atoms with Crippen molar-refractivity contribution < 1.29 is 4.74 Å². The van der Waals surface area contributed by atoms with Crippen LogP contribution in [0.5, 0.6) is 5.75 Å². The summed E-state index contributed by atoms with van der Waals surface area (Å²) in [6.07, 6.45) is 4.71. The van der Waals surface area contributed by atoms with Gasteiger partial charge in [-0.05, 0) is 67.2 Å². The maximum absolute atomic E-state index is 6.58. The van der Waals surface area contributed by atoms with Crippen molar-refractivity contribution in [1.29, 1.82) is 0 Å². The SMILES string of the molecule is COc1ccc(Br)c(CC2CC(C(C)C)CCC2Cl)c1. The average Bonchev–Trinajstić information content (AvgIpc) is 2.43. The molecule has 3 unspecified atom stereocenters. The van der Waals surface area contributed by atoms with E-state index in [1.807, 2.05) is 6.07 Å². The standard InChI is InChI=1S/C17H24BrClO/c1-11(2)12-4-7-17(19)14(8-12)9-13-10-15(20-3)5-6-16(13)18/h5-6,10-12,14,17H,4,7-9H2,1-3H3. The summed E-state index contributed by atoms with van der Waals surface area (Å²) in [4.78, 5) is 0. The van der Waals surface area contributed by atoms with Gasteiger partial charge >= 0.3 is 0 Å². The number of alkyl halides is 1. The third-order valence-electron chi connectivity index (χ3n) is 4.61. The zero-order valence-corrected chi connectivity index (χ0v) is 14.9. The lowest BCUT2D eigenvalue weighted by atomic mass is 9.74. The van der Waals surface area contributed by atoms with Gasteiger partial charge in [0.05, 0.1) is 7.11 Å². The van der Waals surface area contributed by atoms with Gasteiger partial charge in [-0.1, -0.05) is 29.8 Å². The Balaban J connectivity index is 2.11. The lowest BCUT2D eigenvalue weighted by Gasteiger charge is -2.35. The topological polar surface area (TPSA) is 9.23 Å². The van der Waals surface area contributed by atoms with Crippen molar-refractivity contribution >= 4 is 27.5 Å². The third kappa shape index (κ3) is 3.92. The fraction of sp³-hybridized carbons (Fsp3) is 0.647. The molecule has 2 rings (SSSR count). The van der Waals surface area contributed by atoms with E-state index < -0.39 is 0 Å². The smallest absolute Gasteiger partial charge is 0.119 e. The highest BCUT2D eigenvalue weighted by molar-refractivity contribution is 9.10. The van der Waals surface area contributed by atoms with E-state index in [0.717, 1.165) is 34.9 Å². The molecule has 0 heterocycles. The second kappa shape index (κ2) is 7.17. The van der Waals surface area contributed by atoms with Gasteiger partial charge < -0.3 is 4.74 Å². The van der Waals surface area contributed by atoms with Crippen LogP contribution in [0, 0.1) is 17.8 Å². The molecule has 0 N–H and O–H groups in total. The van der Waals surface area contributed by atoms with Gasteiger partial charge in [-0.15, -0.1) is 11.6 Å². The highest BCUT2D eigenvalue weighted by Gasteiger charge is 2.31. The Labute approximate surface area is 136 Å². The van der Waals surface area contributed by atoms with Crippen molar-refractivity contribution in [2.75, 3.05) is 7.11 Å². The molecule has 0 bridgehead atoms. The molecule has 112 valence electrons. The van der Waals surface area contributed by atoms with E-state index in [1.165, 1.54) is 18.4 Å². The van der Waals surface area contributed by atoms with E-state index in [9.17, 15) is 0 Å². The zero-order valence-electron chi connectivity index (χ0n) is 12.5. The van der Waals surface area contributed by atoms with E-state index in [-0.39, 0.29) is 0 Å². The summed E-state index contributed by atoms with van der Waals surface area (Å²) in [7, 11) is 1.72. The van der Waals surface area contributed by atoms with Gasteiger partial charge in [0.15, 0.2) is 0 Å². The molecule has 0 amide bonds. The summed E-state index contributed by atoms with van der Waals surface area (Å²) in [5.74, 6) is 3.07. The molecule has 1 aliphatic carbocycles. The molecule has 0 saturated heterocycles. The maximum atomic E-state index is 6.58. The number of hydrogen-bond donors (Lipinski definition) is 0. The van der Waals surface area contributed by atoms with Crippen LogP contribution in [0.2, 0.25) is 0 Å². The number of rotatable bonds is 4. The van der Waals surface area contributed by atoms with Crippen LogP contribution in [0.1, 0.15) is 38.7 Å². The lowest BCUT2D eigenvalue weighted by molar-refractivity contribution is 0.218. The van der Waals surface area contributed by atoms with Gasteiger partial charge in [-0.25, -0.2) is 0 Å². The number of benzene rings is 1. The molecular weight excluding hydrogens is 336 g/mol. The number of hydrogen-bond acceptors (Lipinski definition) is 1. The van der Waals surface area contributed by atoms with Crippen LogP contribution in [0.3, 0.4) is 0 Å². The van der Waals surface area contributed by atoms with E-state index in [1.54, 1.807) is 7.11 Å². The average molecular weight is 360 g/mol. The first kappa shape index (κ1) is 16.2. The summed E-state index contributed by atoms with van der Waals surface area (Å²) < 4.78 is 6.49. The van der Waals surface area contributed by atoms with Crippen molar-refractivity contribution in [2.45, 2.75) is 44.9 Å². The molecule has 1 nitrogen and oxygen atoms in total. The van der Waals surface area contributed by atoms with E-state index >= 15 is 0 Å². The molecule has 20 heavy (non-hydrogen) atoms. The van der Waals surface area contributed by atoms with Crippen molar-refractivity contribution in [3.05, 3.63) is 28.2 Å². The maximum Gasteiger partial charge on any atom is 0.119 e. The Morgan fingerprint density at radius 1 is 1.35 bits per heavy atom. The van der Waals surface area contributed by atoms with Crippen LogP contribution in [-0.2, 0) is 6.42 Å². The molecule has 0 radical (unpaired) electrons. The van der Waals surface area contributed by atoms with E-state index in [4.69, 9.17) is 16.3 Å². The molecule has 1 fully saturated rings. The summed E-state index contributed by atoms with van der Waals surface area (Å²) in [5.41, 5.74) is 1.31. The second-order valence-corrected chi connectivity index (χ2v) is 7.67. The largest absolute Gasteiger partial charge is 0.497 e. The molecule has 0 aromatic heterocycles. The third-order valence-corrected chi connectivity index (χ3v) is 5.96. The normalized spacial score (nSPS) is 26.8. The highest BCUT2D eigenvalue weighted by Crippen LogP contribution is 2.39. The minimum atomic E-state index is 0.308. The Kier molecular flexibility index (Phi) is 5.80. The quantitative estimate of drug-likeness (QED) is 0.628. The van der Waals surface area contributed by atoms with Gasteiger partial charge in [0.2, 0.25) is 0 Å². The van der Waals surface area contributed by atoms with E-state index in [0.29, 0.717) is 11.3 Å². The fourth-order valence-corrected chi connectivity index (χ4v) is 3.92. The fourth-order valence-electron chi connectivity index (χ4n) is 3.20. The molecule has 3 heteroatoms. The minimum absolute atomic E-state index is 0.308. The van der Waals surface area contributed by atoms with Crippen LogP contribution in [0.25, 0.3) is 0 Å². The Bertz CT molecular complexity index is 447. The summed E-state index contributed by atoms with van der Waals surface area (Å²) >= 11 is 10.2. The minimum Gasteiger partial charge on any atom is -0.497 e. The Morgan fingerprint density at radius 2 is 2.10 bits per heavy atom. The van der Waals surface area contributed by atoms with Crippen LogP contribution >= 0.6 is 27.5 Å². The van der Waals surface area contributed by atoms with Crippen LogP contribution in [0.15, 0.2) is 22.7 Å². The van der Waals surface area contributed by atoms with Crippen LogP contribution < -0.4 is 4.74 Å². The Hall–Kier alpha value is -0.210. The van der Waals surface area contributed by atoms with Crippen LogP contribution in [0.4, 0.5) is 0 Å². The monoisotopic (exact) mass is 358 g/mol. The first-order valence-corrected chi connectivity index (χ1v) is 8.70. The summed E-state index contributed by atoms with van der Waals surface area (Å²) in [6.45, 7) is 4.66. The summed E-state index contributed by atoms with van der Waals surface area (Å²) in [5, 5.41) is 0.308. The molecule has 0 spiro atoms. The van der Waals surface area contributed by atoms with E-state index in [2.05, 4.69) is 41.9 Å². The second-order valence-electron chi connectivity index (χ2n) is 6.25. The molecular formula is C17H24BrClO. The van der Waals surface area contributed by atoms with Gasteiger partial charge in [-0.3, -0.25) is 0 Å². The predicted molar refractivity (Wildman–Crippen MR) is 89.7 cm³/mol. The van der Waals surface area contributed by atoms with Crippen molar-refractivity contribution in [3.63, 3.8) is 0 Å². The van der Waals surface area contributed by atoms with Gasteiger partial charge in [0, 0.05) is 9.85 Å². The predicted octanol–water partition coefficient (Wildman–Crippen LogP) is 5.68. The number of ether oxygens (including phenoxy) is 1. The first-order valence-electron chi connectivity index (χ1n) is 7.47. The van der Waals surface area contributed by atoms with Gasteiger partial charge in [0.25, 0.3) is 0 Å². The number of methoxy groups -OCH3 is 1. The molecule has 1 aromatic carbocycles. The molecule has 1 aromatic rings. The van der Waals surface area contributed by atoms with Gasteiger partial charge in [-0.2, -0.15) is 0 Å². The zero-order chi connectivity index (χ0) is 14.7. The molecule has 1 saturated carbocycles. The molecule has 3 atom stereocenters. The van der Waals surface area contributed by atoms with Crippen molar-refractivity contribution in [3.8, 4) is 5.75 Å². The summed E-state index contributed by atoms with van der Waals surface area (Å²) in [6, 6.07) is 6.19. The first-order chi connectivity index (χ1) is 9.51. The number of halogens is 2. The lowest BCUT2D eigenvalue weighted by Crippen LogP contribution is -2.29.